The van der Waals surface area contributed by atoms with E-state index in [1.165, 1.54) is 11.6 Å². The second kappa shape index (κ2) is 8.61. The molecule has 1 aliphatic heterocycles. The van der Waals surface area contributed by atoms with Crippen LogP contribution in [0.5, 0.6) is 11.6 Å². The second-order valence-corrected chi connectivity index (χ2v) is 8.18. The van der Waals surface area contributed by atoms with Crippen LogP contribution in [-0.2, 0) is 19.6 Å². The summed E-state index contributed by atoms with van der Waals surface area (Å²) >= 11 is 0. The minimum atomic E-state index is 0.000707. The highest BCUT2D eigenvalue weighted by Gasteiger charge is 2.23. The molecule has 5 heterocycles. The maximum absolute atomic E-state index is 12.3. The molecule has 12 nitrogen and oxygen atoms in total. The van der Waals surface area contributed by atoms with Gasteiger partial charge in [0.2, 0.25) is 5.82 Å². The van der Waals surface area contributed by atoms with Crippen LogP contribution in [-0.4, -0.2) is 73.5 Å². The van der Waals surface area contributed by atoms with Gasteiger partial charge >= 0.3 is 6.03 Å². The predicted octanol–water partition coefficient (Wildman–Crippen LogP) is 2.11. The van der Waals surface area contributed by atoms with Crippen molar-refractivity contribution in [3.05, 3.63) is 47.0 Å². The summed E-state index contributed by atoms with van der Waals surface area (Å²) in [5.41, 5.74) is 3.78. The van der Waals surface area contributed by atoms with Crippen LogP contribution in [0.4, 0.5) is 4.79 Å². The molecular weight excluding hydrogens is 440 g/mol. The van der Waals surface area contributed by atoms with Crippen LogP contribution < -0.4 is 9.47 Å². The topological polar surface area (TPSA) is 124 Å². The Balaban J connectivity index is 1.36. The molecule has 0 bridgehead atoms. The third-order valence-electron chi connectivity index (χ3n) is 5.52. The SMILES string of the molecule is COc1cc2nnc(-c3cc(C)on3)n2nc1OCc1ccc2c(n1)CCN(C(=O)N(C)C)C2. The van der Waals surface area contributed by atoms with Gasteiger partial charge in [-0.3, -0.25) is 4.98 Å². The first-order valence-corrected chi connectivity index (χ1v) is 10.7. The number of carbonyl (C=O) groups excluding carboxylic acids is 1. The van der Waals surface area contributed by atoms with Gasteiger partial charge in [-0.25, -0.2) is 4.79 Å². The molecule has 0 fully saturated rings. The fourth-order valence-corrected chi connectivity index (χ4v) is 3.81. The first kappa shape index (κ1) is 21.6. The molecule has 0 spiro atoms. The number of ether oxygens (including phenoxy) is 2. The number of pyridine rings is 1. The number of rotatable bonds is 5. The highest BCUT2D eigenvalue weighted by molar-refractivity contribution is 5.74. The monoisotopic (exact) mass is 464 g/mol. The third-order valence-corrected chi connectivity index (χ3v) is 5.52. The predicted molar refractivity (Wildman–Crippen MR) is 119 cm³/mol. The van der Waals surface area contributed by atoms with E-state index in [1.54, 1.807) is 38.1 Å². The second-order valence-electron chi connectivity index (χ2n) is 8.18. The van der Waals surface area contributed by atoms with Crippen molar-refractivity contribution in [1.82, 2.24) is 39.8 Å². The molecule has 176 valence electrons. The lowest BCUT2D eigenvalue weighted by Crippen LogP contribution is -2.42. The molecule has 0 saturated heterocycles. The molecule has 5 rings (SSSR count). The zero-order chi connectivity index (χ0) is 23.8. The summed E-state index contributed by atoms with van der Waals surface area (Å²) in [5.74, 6) is 1.80. The number of hydrogen-bond donors (Lipinski definition) is 0. The van der Waals surface area contributed by atoms with E-state index in [0.29, 0.717) is 48.2 Å². The van der Waals surface area contributed by atoms with Gasteiger partial charge in [0.05, 0.1) is 12.8 Å². The third kappa shape index (κ3) is 3.98. The molecule has 4 aromatic rings. The fourth-order valence-electron chi connectivity index (χ4n) is 3.81. The van der Waals surface area contributed by atoms with Crippen LogP contribution in [0.2, 0.25) is 0 Å². The molecule has 1 aliphatic rings. The van der Waals surface area contributed by atoms with Crippen LogP contribution in [0.15, 0.2) is 28.8 Å². The highest BCUT2D eigenvalue weighted by atomic mass is 16.5. The molecule has 0 aromatic carbocycles. The van der Waals surface area contributed by atoms with E-state index in [4.69, 9.17) is 19.0 Å². The van der Waals surface area contributed by atoms with Crippen molar-refractivity contribution in [1.29, 1.82) is 0 Å². The maximum Gasteiger partial charge on any atom is 0.319 e. The van der Waals surface area contributed by atoms with Gasteiger partial charge in [-0.15, -0.1) is 15.3 Å². The Kier molecular flexibility index (Phi) is 5.48. The smallest absolute Gasteiger partial charge is 0.319 e. The van der Waals surface area contributed by atoms with E-state index in [1.807, 2.05) is 17.0 Å². The first-order valence-electron chi connectivity index (χ1n) is 10.7. The van der Waals surface area contributed by atoms with Gasteiger partial charge in [0.1, 0.15) is 12.4 Å². The van der Waals surface area contributed by atoms with Crippen molar-refractivity contribution in [3.8, 4) is 23.1 Å². The Morgan fingerprint density at radius 1 is 1.24 bits per heavy atom. The minimum absolute atomic E-state index is 0.000707. The number of urea groups is 1. The number of aromatic nitrogens is 6. The molecule has 4 aromatic heterocycles. The summed E-state index contributed by atoms with van der Waals surface area (Å²) in [7, 11) is 5.05. The lowest BCUT2D eigenvalue weighted by atomic mass is 10.1. The highest BCUT2D eigenvalue weighted by Crippen LogP contribution is 2.28. The van der Waals surface area contributed by atoms with Crippen molar-refractivity contribution in [3.63, 3.8) is 0 Å². The van der Waals surface area contributed by atoms with Crippen LogP contribution >= 0.6 is 0 Å². The molecule has 0 N–H and O–H groups in total. The molecule has 0 radical (unpaired) electrons. The Morgan fingerprint density at radius 2 is 2.09 bits per heavy atom. The standard InChI is InChI=1S/C22H24N8O4/c1-13-9-17(27-34-13)20-25-24-19-10-18(32-4)21(26-30(19)20)33-12-15-6-5-14-11-29(22(31)28(2)3)8-7-16(14)23-15/h5-6,9-10H,7-8,11-12H2,1-4H3. The zero-order valence-electron chi connectivity index (χ0n) is 19.3. The van der Waals surface area contributed by atoms with Crippen molar-refractivity contribution >= 4 is 11.7 Å². The van der Waals surface area contributed by atoms with E-state index in [2.05, 4.69) is 20.5 Å². The van der Waals surface area contributed by atoms with E-state index in [-0.39, 0.29) is 18.5 Å². The van der Waals surface area contributed by atoms with Gasteiger partial charge in [0.25, 0.3) is 5.88 Å². The number of aryl methyl sites for hydroxylation is 1. The van der Waals surface area contributed by atoms with Crippen LogP contribution in [0, 0.1) is 6.92 Å². The zero-order valence-corrected chi connectivity index (χ0v) is 19.3. The largest absolute Gasteiger partial charge is 0.491 e. The number of nitrogens with zero attached hydrogens (tertiary/aromatic N) is 8. The fraction of sp³-hybridized carbons (Fsp3) is 0.364. The molecule has 34 heavy (non-hydrogen) atoms. The van der Waals surface area contributed by atoms with Crippen LogP contribution in [0.1, 0.15) is 22.7 Å². The summed E-state index contributed by atoms with van der Waals surface area (Å²) in [6, 6.07) is 7.35. The average molecular weight is 464 g/mol. The van der Waals surface area contributed by atoms with E-state index < -0.39 is 0 Å². The molecule has 0 aliphatic carbocycles. The van der Waals surface area contributed by atoms with E-state index in [0.717, 1.165) is 17.0 Å². The summed E-state index contributed by atoms with van der Waals surface area (Å²) in [4.78, 5) is 20.4. The van der Waals surface area contributed by atoms with Crippen LogP contribution in [0.3, 0.4) is 0 Å². The first-order chi connectivity index (χ1) is 16.4. The Hall–Kier alpha value is -4.22. The van der Waals surface area contributed by atoms with Gasteiger partial charge in [0.15, 0.2) is 17.1 Å². The molecule has 2 amide bonds. The molecular formula is C22H24N8O4. The molecule has 0 saturated carbocycles. The van der Waals surface area contributed by atoms with Gasteiger partial charge in [-0.1, -0.05) is 11.2 Å². The van der Waals surface area contributed by atoms with E-state index in [9.17, 15) is 4.79 Å². The lowest BCUT2D eigenvalue weighted by molar-refractivity contribution is 0.165. The number of hydrogen-bond acceptors (Lipinski definition) is 9. The van der Waals surface area contributed by atoms with Crippen molar-refractivity contribution in [2.75, 3.05) is 27.7 Å². The van der Waals surface area contributed by atoms with Crippen molar-refractivity contribution < 1.29 is 18.8 Å². The maximum atomic E-state index is 12.3. The Labute approximate surface area is 195 Å². The summed E-state index contributed by atoms with van der Waals surface area (Å²) < 4.78 is 18.1. The number of methoxy groups -OCH3 is 1. The van der Waals surface area contributed by atoms with Gasteiger partial charge in [0, 0.05) is 51.4 Å². The summed E-state index contributed by atoms with van der Waals surface area (Å²) in [5, 5.41) is 16.8. The summed E-state index contributed by atoms with van der Waals surface area (Å²) in [6.45, 7) is 3.17. The normalized spacial score (nSPS) is 13.1. The average Bonchev–Trinajstić information content (AvgIpc) is 3.46. The minimum Gasteiger partial charge on any atom is -0.491 e. The summed E-state index contributed by atoms with van der Waals surface area (Å²) in [6.07, 6.45) is 0.692. The number of amides is 2. The quantitative estimate of drug-likeness (QED) is 0.437. The van der Waals surface area contributed by atoms with Crippen LogP contribution in [0.25, 0.3) is 17.2 Å². The molecule has 0 unspecified atom stereocenters. The number of carbonyl (C=O) groups is 1. The lowest BCUT2D eigenvalue weighted by Gasteiger charge is -2.30. The van der Waals surface area contributed by atoms with Crippen molar-refractivity contribution in [2.45, 2.75) is 26.5 Å². The van der Waals surface area contributed by atoms with Gasteiger partial charge in [-0.05, 0) is 18.6 Å². The number of fused-ring (bicyclic) bond motifs is 2. The van der Waals surface area contributed by atoms with E-state index >= 15 is 0 Å². The molecule has 12 heteroatoms. The van der Waals surface area contributed by atoms with Crippen molar-refractivity contribution in [2.24, 2.45) is 0 Å². The molecule has 0 atom stereocenters. The Morgan fingerprint density at radius 3 is 2.82 bits per heavy atom. The Bertz CT molecular complexity index is 1360. The van der Waals surface area contributed by atoms with Gasteiger partial charge in [-0.2, -0.15) is 4.52 Å². The van der Waals surface area contributed by atoms with Gasteiger partial charge < -0.3 is 23.8 Å².